The fourth-order valence-electron chi connectivity index (χ4n) is 5.45. The topological polar surface area (TPSA) is 85.4 Å². The lowest BCUT2D eigenvalue weighted by molar-refractivity contribution is 0.0963. The van der Waals surface area contributed by atoms with Crippen LogP contribution in [0.25, 0.3) is 0 Å². The summed E-state index contributed by atoms with van der Waals surface area (Å²) in [5, 5.41) is 35.3. The van der Waals surface area contributed by atoms with Crippen LogP contribution in [-0.4, -0.2) is 26.9 Å². The number of fused-ring (bicyclic) bond motifs is 5. The standard InChI is InChI=1S/C18H22N2O3/c1-18-7-6-13-12-5-3-11(21)8-10(12)2-4-14(13)15(18)9-16(19-22)17(18)20-23/h3,5,8,13-15,21-23H,2,4,6-7,9H2,1H3/t13-,14-,15+,18+/m1/s1. The second-order valence-corrected chi connectivity index (χ2v) is 7.45. The van der Waals surface area contributed by atoms with Gasteiger partial charge in [0.25, 0.3) is 0 Å². The summed E-state index contributed by atoms with van der Waals surface area (Å²) < 4.78 is 0. The van der Waals surface area contributed by atoms with Gasteiger partial charge in [0, 0.05) is 5.41 Å². The van der Waals surface area contributed by atoms with Crippen LogP contribution >= 0.6 is 0 Å². The SMILES string of the molecule is C[C@]12CC[C@@H]3c4ccc(O)cc4CC[C@H]3[C@@H]1CC(=NO)C2=NO. The molecule has 0 heterocycles. The molecule has 0 spiro atoms. The number of rotatable bonds is 0. The van der Waals surface area contributed by atoms with Gasteiger partial charge < -0.3 is 15.5 Å². The summed E-state index contributed by atoms with van der Waals surface area (Å²) in [5.74, 6) is 1.67. The van der Waals surface area contributed by atoms with E-state index in [0.717, 1.165) is 25.7 Å². The van der Waals surface area contributed by atoms with E-state index in [1.54, 1.807) is 6.07 Å². The normalized spacial score (nSPS) is 39.1. The van der Waals surface area contributed by atoms with Crippen LogP contribution in [0.4, 0.5) is 0 Å². The summed E-state index contributed by atoms with van der Waals surface area (Å²) in [6.45, 7) is 2.15. The van der Waals surface area contributed by atoms with E-state index in [1.807, 2.05) is 6.07 Å². The first-order valence-electron chi connectivity index (χ1n) is 8.34. The molecular weight excluding hydrogens is 292 g/mol. The Labute approximate surface area is 135 Å². The van der Waals surface area contributed by atoms with Crippen molar-refractivity contribution in [1.82, 2.24) is 0 Å². The van der Waals surface area contributed by atoms with Gasteiger partial charge in [0.05, 0.1) is 0 Å². The van der Waals surface area contributed by atoms with E-state index < -0.39 is 0 Å². The quantitative estimate of drug-likeness (QED) is 0.506. The Morgan fingerprint density at radius 3 is 2.74 bits per heavy atom. The van der Waals surface area contributed by atoms with E-state index in [9.17, 15) is 15.5 Å². The average Bonchev–Trinajstić information content (AvgIpc) is 2.85. The number of oxime groups is 2. The zero-order valence-corrected chi connectivity index (χ0v) is 13.2. The first-order chi connectivity index (χ1) is 11.1. The van der Waals surface area contributed by atoms with E-state index in [1.165, 1.54) is 11.1 Å². The molecule has 23 heavy (non-hydrogen) atoms. The molecule has 2 saturated carbocycles. The fraction of sp³-hybridized carbons (Fsp3) is 0.556. The van der Waals surface area contributed by atoms with E-state index in [0.29, 0.717) is 41.3 Å². The summed E-state index contributed by atoms with van der Waals surface area (Å²) in [6, 6.07) is 5.75. The number of aryl methyl sites for hydroxylation is 1. The van der Waals surface area contributed by atoms with Gasteiger partial charge in [0.1, 0.15) is 17.2 Å². The Morgan fingerprint density at radius 2 is 2.00 bits per heavy atom. The van der Waals surface area contributed by atoms with Crippen molar-refractivity contribution in [1.29, 1.82) is 0 Å². The summed E-state index contributed by atoms with van der Waals surface area (Å²) in [5.41, 5.74) is 3.53. The molecule has 2 fully saturated rings. The minimum atomic E-state index is -0.202. The Kier molecular flexibility index (Phi) is 3.15. The van der Waals surface area contributed by atoms with E-state index in [4.69, 9.17) is 0 Å². The van der Waals surface area contributed by atoms with Gasteiger partial charge in [-0.25, -0.2) is 0 Å². The number of phenols is 1. The maximum absolute atomic E-state index is 9.72. The first kappa shape index (κ1) is 14.5. The second kappa shape index (κ2) is 4.98. The molecule has 5 heteroatoms. The molecule has 4 atom stereocenters. The molecule has 4 rings (SSSR count). The lowest BCUT2D eigenvalue weighted by atomic mass is 9.55. The van der Waals surface area contributed by atoms with Gasteiger partial charge in [-0.3, -0.25) is 0 Å². The van der Waals surface area contributed by atoms with Crippen LogP contribution in [0.3, 0.4) is 0 Å². The Hall–Kier alpha value is -2.04. The zero-order valence-electron chi connectivity index (χ0n) is 13.2. The number of aromatic hydroxyl groups is 1. The average molecular weight is 314 g/mol. The van der Waals surface area contributed by atoms with Crippen LogP contribution < -0.4 is 0 Å². The predicted octanol–water partition coefficient (Wildman–Crippen LogP) is 3.52. The lowest BCUT2D eigenvalue weighted by Gasteiger charge is -2.48. The summed E-state index contributed by atoms with van der Waals surface area (Å²) >= 11 is 0. The molecule has 5 nitrogen and oxygen atoms in total. The Balaban J connectivity index is 1.74. The van der Waals surface area contributed by atoms with Crippen molar-refractivity contribution in [2.75, 3.05) is 0 Å². The molecule has 1 aromatic carbocycles. The van der Waals surface area contributed by atoms with Crippen LogP contribution in [0, 0.1) is 17.3 Å². The molecule has 0 aromatic heterocycles. The van der Waals surface area contributed by atoms with Crippen LogP contribution in [0.1, 0.15) is 49.7 Å². The number of phenolic OH excluding ortho intramolecular Hbond substituents is 1. The minimum absolute atomic E-state index is 0.202. The Morgan fingerprint density at radius 1 is 1.17 bits per heavy atom. The van der Waals surface area contributed by atoms with E-state index in [2.05, 4.69) is 23.3 Å². The van der Waals surface area contributed by atoms with Crippen LogP contribution in [-0.2, 0) is 6.42 Å². The molecule has 0 radical (unpaired) electrons. The van der Waals surface area contributed by atoms with Crippen LogP contribution in [0.2, 0.25) is 0 Å². The third kappa shape index (κ3) is 1.92. The van der Waals surface area contributed by atoms with Gasteiger partial charge in [-0.05, 0) is 73.1 Å². The minimum Gasteiger partial charge on any atom is -0.508 e. The molecule has 0 amide bonds. The number of nitrogens with zero attached hydrogens (tertiary/aromatic N) is 2. The molecule has 3 aliphatic carbocycles. The third-order valence-electron chi connectivity index (χ3n) is 6.55. The van der Waals surface area contributed by atoms with Crippen molar-refractivity contribution in [3.05, 3.63) is 29.3 Å². The first-order valence-corrected chi connectivity index (χ1v) is 8.34. The summed E-state index contributed by atoms with van der Waals surface area (Å²) in [6.07, 6.45) is 4.68. The fourth-order valence-corrected chi connectivity index (χ4v) is 5.45. The number of hydrogen-bond acceptors (Lipinski definition) is 5. The molecular formula is C18H22N2O3. The molecule has 0 unspecified atom stereocenters. The third-order valence-corrected chi connectivity index (χ3v) is 6.55. The van der Waals surface area contributed by atoms with Gasteiger partial charge in [-0.1, -0.05) is 23.3 Å². The van der Waals surface area contributed by atoms with Crippen molar-refractivity contribution in [3.8, 4) is 5.75 Å². The smallest absolute Gasteiger partial charge is 0.115 e. The van der Waals surface area contributed by atoms with Crippen LogP contribution in [0.5, 0.6) is 5.75 Å². The Bertz CT molecular complexity index is 712. The summed E-state index contributed by atoms with van der Waals surface area (Å²) in [7, 11) is 0. The molecule has 0 saturated heterocycles. The van der Waals surface area contributed by atoms with Gasteiger partial charge in [0.15, 0.2) is 0 Å². The highest BCUT2D eigenvalue weighted by Crippen LogP contribution is 2.59. The van der Waals surface area contributed by atoms with Gasteiger partial charge in [-0.15, -0.1) is 0 Å². The monoisotopic (exact) mass is 314 g/mol. The molecule has 0 bridgehead atoms. The highest BCUT2D eigenvalue weighted by molar-refractivity contribution is 6.46. The van der Waals surface area contributed by atoms with Crippen molar-refractivity contribution >= 4 is 11.4 Å². The van der Waals surface area contributed by atoms with Gasteiger partial charge in [-0.2, -0.15) is 0 Å². The van der Waals surface area contributed by atoms with E-state index >= 15 is 0 Å². The largest absolute Gasteiger partial charge is 0.508 e. The molecule has 3 aliphatic rings. The van der Waals surface area contributed by atoms with Crippen molar-refractivity contribution in [2.45, 2.75) is 44.9 Å². The molecule has 122 valence electrons. The predicted molar refractivity (Wildman–Crippen MR) is 86.5 cm³/mol. The molecule has 3 N–H and O–H groups in total. The van der Waals surface area contributed by atoms with Gasteiger partial charge >= 0.3 is 0 Å². The van der Waals surface area contributed by atoms with Crippen molar-refractivity contribution in [3.63, 3.8) is 0 Å². The second-order valence-electron chi connectivity index (χ2n) is 7.45. The summed E-state index contributed by atoms with van der Waals surface area (Å²) in [4.78, 5) is 0. The maximum atomic E-state index is 9.72. The van der Waals surface area contributed by atoms with E-state index in [-0.39, 0.29) is 5.41 Å². The van der Waals surface area contributed by atoms with Gasteiger partial charge in [0.2, 0.25) is 0 Å². The molecule has 0 aliphatic heterocycles. The number of hydrogen-bond donors (Lipinski definition) is 3. The lowest BCUT2D eigenvalue weighted by Crippen LogP contribution is -2.42. The highest BCUT2D eigenvalue weighted by Gasteiger charge is 2.56. The molecule has 1 aromatic rings. The zero-order chi connectivity index (χ0) is 16.2. The van der Waals surface area contributed by atoms with Crippen molar-refractivity contribution in [2.24, 2.45) is 27.6 Å². The number of benzene rings is 1. The maximum Gasteiger partial charge on any atom is 0.115 e. The van der Waals surface area contributed by atoms with Crippen LogP contribution in [0.15, 0.2) is 28.5 Å². The van der Waals surface area contributed by atoms with Crippen molar-refractivity contribution < 1.29 is 15.5 Å². The highest BCUT2D eigenvalue weighted by atomic mass is 16.4.